The smallest absolute Gasteiger partial charge is 0.291 e. The molecule has 0 saturated heterocycles. The zero-order valence-corrected chi connectivity index (χ0v) is 19.2. The zero-order valence-electron chi connectivity index (χ0n) is 19.2. The lowest BCUT2D eigenvalue weighted by Crippen LogP contribution is -2.64. The number of aromatic nitrogens is 2. The first-order valence-corrected chi connectivity index (χ1v) is 11.7. The SMILES string of the molecule is COc1cccc(CN2C(=O)c3nc4ccccc4n3CC2(C)C(=O)NC2CCCCC2)c1. The number of carbonyl (C=O) groups is 2. The molecule has 33 heavy (non-hydrogen) atoms. The molecule has 7 heteroatoms. The highest BCUT2D eigenvalue weighted by atomic mass is 16.5. The fraction of sp³-hybridized carbons (Fsp3) is 0.423. The van der Waals surface area contributed by atoms with Gasteiger partial charge in [-0.15, -0.1) is 0 Å². The molecule has 1 N–H and O–H groups in total. The number of nitrogens with one attached hydrogen (secondary N) is 1. The molecule has 1 aliphatic carbocycles. The van der Waals surface area contributed by atoms with Crippen molar-refractivity contribution in [2.75, 3.05) is 7.11 Å². The Balaban J connectivity index is 1.54. The molecule has 0 radical (unpaired) electrons. The van der Waals surface area contributed by atoms with Crippen molar-refractivity contribution < 1.29 is 14.3 Å². The van der Waals surface area contributed by atoms with Crippen LogP contribution in [0.1, 0.15) is 55.2 Å². The van der Waals surface area contributed by atoms with Gasteiger partial charge in [0.15, 0.2) is 5.82 Å². The molecule has 2 amide bonds. The van der Waals surface area contributed by atoms with Crippen molar-refractivity contribution in [1.29, 1.82) is 0 Å². The lowest BCUT2D eigenvalue weighted by Gasteiger charge is -2.44. The number of hydrogen-bond donors (Lipinski definition) is 1. The van der Waals surface area contributed by atoms with Crippen molar-refractivity contribution >= 4 is 22.8 Å². The fourth-order valence-corrected chi connectivity index (χ4v) is 5.12. The molecule has 5 rings (SSSR count). The van der Waals surface area contributed by atoms with Crippen molar-refractivity contribution in [2.45, 2.75) is 63.7 Å². The number of rotatable bonds is 5. The summed E-state index contributed by atoms with van der Waals surface area (Å²) in [6.45, 7) is 2.53. The second-order valence-corrected chi connectivity index (χ2v) is 9.34. The van der Waals surface area contributed by atoms with Gasteiger partial charge < -0.3 is 19.5 Å². The second-order valence-electron chi connectivity index (χ2n) is 9.34. The van der Waals surface area contributed by atoms with Crippen LogP contribution in [0.5, 0.6) is 5.75 Å². The molecule has 2 aliphatic rings. The van der Waals surface area contributed by atoms with Crippen LogP contribution >= 0.6 is 0 Å². The summed E-state index contributed by atoms with van der Waals surface area (Å²) in [6, 6.07) is 15.5. The summed E-state index contributed by atoms with van der Waals surface area (Å²) < 4.78 is 7.27. The van der Waals surface area contributed by atoms with Crippen LogP contribution in [0.15, 0.2) is 48.5 Å². The number of ether oxygens (including phenoxy) is 1. The molecule has 2 heterocycles. The van der Waals surface area contributed by atoms with Crippen LogP contribution in [-0.2, 0) is 17.9 Å². The van der Waals surface area contributed by atoms with E-state index in [2.05, 4.69) is 10.3 Å². The summed E-state index contributed by atoms with van der Waals surface area (Å²) in [5.74, 6) is 0.759. The quantitative estimate of drug-likeness (QED) is 0.645. The van der Waals surface area contributed by atoms with E-state index in [1.54, 1.807) is 12.0 Å². The standard InChI is InChI=1S/C26H30N4O3/c1-26(25(32)27-19-10-4-3-5-11-19)17-29-22-14-7-6-13-21(22)28-23(29)24(31)30(26)16-18-9-8-12-20(15-18)33-2/h6-9,12-15,19H,3-5,10-11,16-17H2,1-2H3,(H,27,32). The van der Waals surface area contributed by atoms with Gasteiger partial charge in [0, 0.05) is 12.6 Å². The second kappa shape index (κ2) is 8.54. The molecule has 1 atom stereocenters. The lowest BCUT2D eigenvalue weighted by atomic mass is 9.91. The van der Waals surface area contributed by atoms with Crippen LogP contribution < -0.4 is 10.1 Å². The summed E-state index contributed by atoms with van der Waals surface area (Å²) in [6.07, 6.45) is 5.46. The Morgan fingerprint density at radius 3 is 2.73 bits per heavy atom. The Morgan fingerprint density at radius 2 is 1.94 bits per heavy atom. The number of carbonyl (C=O) groups excluding carboxylic acids is 2. The number of amides is 2. The lowest BCUT2D eigenvalue weighted by molar-refractivity contribution is -0.134. The van der Waals surface area contributed by atoms with Crippen molar-refractivity contribution in [3.05, 3.63) is 59.9 Å². The number of hydrogen-bond acceptors (Lipinski definition) is 4. The molecular weight excluding hydrogens is 416 g/mol. The van der Waals surface area contributed by atoms with Crippen molar-refractivity contribution in [2.24, 2.45) is 0 Å². The monoisotopic (exact) mass is 446 g/mol. The van der Waals surface area contributed by atoms with Gasteiger partial charge in [0.2, 0.25) is 5.91 Å². The van der Waals surface area contributed by atoms with Gasteiger partial charge in [-0.3, -0.25) is 9.59 Å². The highest BCUT2D eigenvalue weighted by molar-refractivity contribution is 6.01. The maximum Gasteiger partial charge on any atom is 0.291 e. The van der Waals surface area contributed by atoms with Crippen LogP contribution in [0.25, 0.3) is 11.0 Å². The predicted octanol–water partition coefficient (Wildman–Crippen LogP) is 3.91. The number of benzene rings is 2. The molecule has 172 valence electrons. The van der Waals surface area contributed by atoms with E-state index in [9.17, 15) is 9.59 Å². The molecule has 1 aromatic heterocycles. The normalized spacial score (nSPS) is 21.2. The van der Waals surface area contributed by atoms with Gasteiger partial charge in [0.05, 0.1) is 24.7 Å². The third-order valence-corrected chi connectivity index (χ3v) is 7.06. The van der Waals surface area contributed by atoms with Gasteiger partial charge in [0.25, 0.3) is 5.91 Å². The number of nitrogens with zero attached hydrogens (tertiary/aromatic N) is 3. The molecule has 0 spiro atoms. The van der Waals surface area contributed by atoms with E-state index in [-0.39, 0.29) is 17.9 Å². The van der Waals surface area contributed by atoms with Crippen LogP contribution in [0.3, 0.4) is 0 Å². The predicted molar refractivity (Wildman–Crippen MR) is 126 cm³/mol. The van der Waals surface area contributed by atoms with E-state index < -0.39 is 5.54 Å². The maximum atomic E-state index is 13.8. The molecular formula is C26H30N4O3. The average Bonchev–Trinajstić information content (AvgIpc) is 3.21. The molecule has 1 unspecified atom stereocenters. The first-order valence-electron chi connectivity index (χ1n) is 11.7. The van der Waals surface area contributed by atoms with Crippen molar-refractivity contribution in [3.8, 4) is 5.75 Å². The highest BCUT2D eigenvalue weighted by Crippen LogP contribution is 2.33. The molecule has 2 aromatic carbocycles. The zero-order chi connectivity index (χ0) is 23.0. The molecule has 7 nitrogen and oxygen atoms in total. The molecule has 1 fully saturated rings. The first kappa shape index (κ1) is 21.5. The van der Waals surface area contributed by atoms with Gasteiger partial charge in [-0.05, 0) is 49.6 Å². The Labute approximate surface area is 193 Å². The summed E-state index contributed by atoms with van der Waals surface area (Å²) in [7, 11) is 1.62. The number of fused-ring (bicyclic) bond motifs is 3. The number of para-hydroxylation sites is 2. The Morgan fingerprint density at radius 1 is 1.15 bits per heavy atom. The molecule has 1 saturated carbocycles. The van der Waals surface area contributed by atoms with Crippen LogP contribution in [0.4, 0.5) is 0 Å². The van der Waals surface area contributed by atoms with Gasteiger partial charge in [-0.2, -0.15) is 0 Å². The van der Waals surface area contributed by atoms with Gasteiger partial charge in [0.1, 0.15) is 11.3 Å². The van der Waals surface area contributed by atoms with Crippen LogP contribution in [0.2, 0.25) is 0 Å². The summed E-state index contributed by atoms with van der Waals surface area (Å²) >= 11 is 0. The van der Waals surface area contributed by atoms with Gasteiger partial charge >= 0.3 is 0 Å². The molecule has 1 aliphatic heterocycles. The topological polar surface area (TPSA) is 76.5 Å². The van der Waals surface area contributed by atoms with E-state index >= 15 is 0 Å². The van der Waals surface area contributed by atoms with Gasteiger partial charge in [-0.25, -0.2) is 4.98 Å². The number of imidazole rings is 1. The van der Waals surface area contributed by atoms with Crippen LogP contribution in [-0.4, -0.2) is 45.0 Å². The van der Waals surface area contributed by atoms with E-state index in [0.29, 0.717) is 18.9 Å². The third kappa shape index (κ3) is 3.86. The highest BCUT2D eigenvalue weighted by Gasteiger charge is 2.48. The van der Waals surface area contributed by atoms with Gasteiger partial charge in [-0.1, -0.05) is 43.5 Å². The maximum absolute atomic E-state index is 13.8. The Bertz CT molecular complexity index is 1200. The van der Waals surface area contributed by atoms with E-state index in [4.69, 9.17) is 4.74 Å². The fourth-order valence-electron chi connectivity index (χ4n) is 5.12. The Hall–Kier alpha value is -3.35. The average molecular weight is 447 g/mol. The van der Waals surface area contributed by atoms with E-state index in [0.717, 1.165) is 48.0 Å². The minimum absolute atomic E-state index is 0.103. The molecule has 0 bridgehead atoms. The minimum atomic E-state index is -1.05. The summed E-state index contributed by atoms with van der Waals surface area (Å²) in [4.78, 5) is 33.8. The molecule has 3 aromatic rings. The Kier molecular flexibility index (Phi) is 5.56. The van der Waals surface area contributed by atoms with E-state index in [1.807, 2.05) is 60.0 Å². The number of methoxy groups -OCH3 is 1. The minimum Gasteiger partial charge on any atom is -0.497 e. The third-order valence-electron chi connectivity index (χ3n) is 7.06. The van der Waals surface area contributed by atoms with Crippen molar-refractivity contribution in [3.63, 3.8) is 0 Å². The summed E-state index contributed by atoms with van der Waals surface area (Å²) in [5.41, 5.74) is 1.50. The summed E-state index contributed by atoms with van der Waals surface area (Å²) in [5, 5.41) is 3.27. The van der Waals surface area contributed by atoms with Crippen LogP contribution in [0, 0.1) is 0 Å². The largest absolute Gasteiger partial charge is 0.497 e. The van der Waals surface area contributed by atoms with Crippen molar-refractivity contribution in [1.82, 2.24) is 19.8 Å². The first-order chi connectivity index (χ1) is 16.0. The van der Waals surface area contributed by atoms with E-state index in [1.165, 1.54) is 6.42 Å².